The van der Waals surface area contributed by atoms with E-state index in [9.17, 15) is 0 Å². The normalized spacial score (nSPS) is 12.7. The van der Waals surface area contributed by atoms with Gasteiger partial charge in [-0.3, -0.25) is 4.98 Å². The number of nitrogens with two attached hydrogens (primary N) is 1. The van der Waals surface area contributed by atoms with Crippen molar-refractivity contribution in [3.8, 4) is 0 Å². The van der Waals surface area contributed by atoms with Crippen LogP contribution < -0.4 is 5.73 Å². The fourth-order valence-electron chi connectivity index (χ4n) is 1.96. The van der Waals surface area contributed by atoms with Gasteiger partial charge >= 0.3 is 0 Å². The molecule has 0 saturated carbocycles. The highest BCUT2D eigenvalue weighted by Gasteiger charge is 2.08. The zero-order valence-corrected chi connectivity index (χ0v) is 10.9. The quantitative estimate of drug-likeness (QED) is 0.892. The van der Waals surface area contributed by atoms with E-state index in [1.807, 2.05) is 12.1 Å². The van der Waals surface area contributed by atoms with Crippen LogP contribution in [0.2, 0.25) is 0 Å². The van der Waals surface area contributed by atoms with E-state index in [0.717, 1.165) is 17.7 Å². The van der Waals surface area contributed by atoms with E-state index in [0.29, 0.717) is 0 Å². The molecule has 0 saturated heterocycles. The van der Waals surface area contributed by atoms with Crippen LogP contribution in [0, 0.1) is 0 Å². The second-order valence-electron chi connectivity index (χ2n) is 4.74. The fourth-order valence-corrected chi connectivity index (χ4v) is 1.96. The third kappa shape index (κ3) is 3.15. The molecule has 0 aliphatic carbocycles. The van der Waals surface area contributed by atoms with Crippen molar-refractivity contribution in [1.82, 2.24) is 9.88 Å². The highest BCUT2D eigenvalue weighted by Crippen LogP contribution is 2.19. The van der Waals surface area contributed by atoms with Crippen LogP contribution in [0.4, 0.5) is 0 Å². The molecule has 2 rings (SSSR count). The molecule has 0 radical (unpaired) electrons. The zero-order chi connectivity index (χ0) is 13.0. The van der Waals surface area contributed by atoms with E-state index < -0.39 is 0 Å². The number of hydrogen-bond acceptors (Lipinski definition) is 3. The predicted molar refractivity (Wildman–Crippen MR) is 74.1 cm³/mol. The molecule has 1 aromatic carbocycles. The Balaban J connectivity index is 2.14. The lowest BCUT2D eigenvalue weighted by Gasteiger charge is -2.14. The molecule has 0 unspecified atom stereocenters. The van der Waals surface area contributed by atoms with Crippen LogP contribution >= 0.6 is 0 Å². The van der Waals surface area contributed by atoms with Gasteiger partial charge in [-0.25, -0.2) is 0 Å². The Bertz CT molecular complexity index is 477. The second kappa shape index (κ2) is 5.76. The first-order valence-electron chi connectivity index (χ1n) is 6.06. The minimum absolute atomic E-state index is 0.0820. The van der Waals surface area contributed by atoms with Crippen molar-refractivity contribution in [3.05, 3.63) is 65.5 Å². The lowest BCUT2D eigenvalue weighted by atomic mass is 9.99. The largest absolute Gasteiger partial charge is 0.320 e. The van der Waals surface area contributed by atoms with Crippen molar-refractivity contribution >= 4 is 0 Å². The molecule has 3 nitrogen and oxygen atoms in total. The number of rotatable bonds is 4. The third-order valence-electron chi connectivity index (χ3n) is 2.90. The van der Waals surface area contributed by atoms with E-state index in [1.165, 1.54) is 5.56 Å². The molecule has 2 aromatic rings. The van der Waals surface area contributed by atoms with E-state index in [-0.39, 0.29) is 6.04 Å². The van der Waals surface area contributed by atoms with Crippen LogP contribution in [0.5, 0.6) is 0 Å². The summed E-state index contributed by atoms with van der Waals surface area (Å²) in [7, 11) is 4.13. The lowest BCUT2D eigenvalue weighted by Crippen LogP contribution is -2.13. The molecule has 94 valence electrons. The number of aromatic nitrogens is 1. The van der Waals surface area contributed by atoms with E-state index in [1.54, 1.807) is 12.4 Å². The van der Waals surface area contributed by atoms with Crippen molar-refractivity contribution < 1.29 is 0 Å². The first-order chi connectivity index (χ1) is 8.66. The molecule has 0 spiro atoms. The van der Waals surface area contributed by atoms with Crippen LogP contribution in [0.3, 0.4) is 0 Å². The average Bonchev–Trinajstić information content (AvgIpc) is 2.39. The van der Waals surface area contributed by atoms with Gasteiger partial charge in [0.1, 0.15) is 0 Å². The molecule has 0 aliphatic rings. The Morgan fingerprint density at radius 2 is 1.56 bits per heavy atom. The molecule has 3 heteroatoms. The van der Waals surface area contributed by atoms with E-state index in [2.05, 4.69) is 48.2 Å². The lowest BCUT2D eigenvalue weighted by molar-refractivity contribution is 0.402. The van der Waals surface area contributed by atoms with Gasteiger partial charge < -0.3 is 10.6 Å². The monoisotopic (exact) mass is 241 g/mol. The minimum Gasteiger partial charge on any atom is -0.320 e. The van der Waals surface area contributed by atoms with Gasteiger partial charge in [-0.15, -0.1) is 0 Å². The van der Waals surface area contributed by atoms with E-state index in [4.69, 9.17) is 5.73 Å². The highest BCUT2D eigenvalue weighted by atomic mass is 15.0. The van der Waals surface area contributed by atoms with Crippen molar-refractivity contribution in [3.63, 3.8) is 0 Å². The standard InChI is InChI=1S/C15H19N3/c1-18(2)11-12-3-5-13(6-4-12)15(16)14-7-9-17-10-8-14/h3-10,15H,11,16H2,1-2H3/t15-/m1/s1. The summed E-state index contributed by atoms with van der Waals surface area (Å²) in [4.78, 5) is 6.16. The predicted octanol–water partition coefficient (Wildman–Crippen LogP) is 2.19. The smallest absolute Gasteiger partial charge is 0.0552 e. The molecule has 1 aromatic heterocycles. The third-order valence-corrected chi connectivity index (χ3v) is 2.90. The summed E-state index contributed by atoms with van der Waals surface area (Å²) in [5.74, 6) is 0. The maximum absolute atomic E-state index is 6.23. The number of pyridine rings is 1. The van der Waals surface area contributed by atoms with Gasteiger partial charge in [0.2, 0.25) is 0 Å². The first-order valence-corrected chi connectivity index (χ1v) is 6.06. The molecule has 0 amide bonds. The Morgan fingerprint density at radius 1 is 1.00 bits per heavy atom. The molecule has 1 heterocycles. The van der Waals surface area contributed by atoms with Gasteiger partial charge in [0.15, 0.2) is 0 Å². The van der Waals surface area contributed by atoms with Crippen molar-refractivity contribution in [2.24, 2.45) is 5.73 Å². The minimum atomic E-state index is -0.0820. The molecule has 0 bridgehead atoms. The second-order valence-corrected chi connectivity index (χ2v) is 4.74. The van der Waals surface area contributed by atoms with Crippen molar-refractivity contribution in [2.45, 2.75) is 12.6 Å². The van der Waals surface area contributed by atoms with Crippen LogP contribution in [-0.2, 0) is 6.54 Å². The Kier molecular flexibility index (Phi) is 4.07. The number of benzene rings is 1. The van der Waals surface area contributed by atoms with Crippen LogP contribution in [0.1, 0.15) is 22.7 Å². The van der Waals surface area contributed by atoms with Crippen LogP contribution in [0.15, 0.2) is 48.8 Å². The molecule has 1 atom stereocenters. The maximum Gasteiger partial charge on any atom is 0.0552 e. The fraction of sp³-hybridized carbons (Fsp3) is 0.267. The van der Waals surface area contributed by atoms with Gasteiger partial charge in [-0.1, -0.05) is 24.3 Å². The van der Waals surface area contributed by atoms with Gasteiger partial charge in [0.05, 0.1) is 6.04 Å². The summed E-state index contributed by atoms with van der Waals surface area (Å²) in [5, 5.41) is 0. The Hall–Kier alpha value is -1.71. The number of nitrogens with zero attached hydrogens (tertiary/aromatic N) is 2. The molecular weight excluding hydrogens is 222 g/mol. The number of hydrogen-bond donors (Lipinski definition) is 1. The summed E-state index contributed by atoms with van der Waals surface area (Å²) in [6.07, 6.45) is 3.55. The Labute approximate surface area is 108 Å². The topological polar surface area (TPSA) is 42.1 Å². The molecule has 18 heavy (non-hydrogen) atoms. The summed E-state index contributed by atoms with van der Waals surface area (Å²) in [6, 6.07) is 12.3. The SMILES string of the molecule is CN(C)Cc1ccc([C@@H](N)c2ccncc2)cc1. The molecular formula is C15H19N3. The maximum atomic E-state index is 6.23. The summed E-state index contributed by atoms with van der Waals surface area (Å²) >= 11 is 0. The van der Waals surface area contributed by atoms with Gasteiger partial charge in [-0.05, 0) is 42.9 Å². The first kappa shape index (κ1) is 12.7. The van der Waals surface area contributed by atoms with Crippen molar-refractivity contribution in [2.75, 3.05) is 14.1 Å². The summed E-state index contributed by atoms with van der Waals surface area (Å²) in [5.41, 5.74) is 9.74. The van der Waals surface area contributed by atoms with Crippen molar-refractivity contribution in [1.29, 1.82) is 0 Å². The molecule has 0 aliphatic heterocycles. The summed E-state index contributed by atoms with van der Waals surface area (Å²) in [6.45, 7) is 0.949. The zero-order valence-electron chi connectivity index (χ0n) is 10.9. The van der Waals surface area contributed by atoms with Crippen LogP contribution in [-0.4, -0.2) is 24.0 Å². The molecule has 2 N–H and O–H groups in total. The summed E-state index contributed by atoms with van der Waals surface area (Å²) < 4.78 is 0. The van der Waals surface area contributed by atoms with Gasteiger partial charge in [0, 0.05) is 18.9 Å². The van der Waals surface area contributed by atoms with Gasteiger partial charge in [0.25, 0.3) is 0 Å². The van der Waals surface area contributed by atoms with Gasteiger partial charge in [-0.2, -0.15) is 0 Å². The average molecular weight is 241 g/mol. The van der Waals surface area contributed by atoms with Crippen LogP contribution in [0.25, 0.3) is 0 Å². The highest BCUT2D eigenvalue weighted by molar-refractivity contribution is 5.32. The molecule has 0 fully saturated rings. The Morgan fingerprint density at radius 3 is 2.11 bits per heavy atom. The van der Waals surface area contributed by atoms with E-state index >= 15 is 0 Å².